The number of hydrogen-bond acceptors (Lipinski definition) is 3. The Kier molecular flexibility index (Phi) is 6.72. The molecule has 0 aliphatic heterocycles. The molecule has 19 heavy (non-hydrogen) atoms. The normalized spacial score (nSPS) is 11.7. The Bertz CT molecular complexity index is 456. The maximum atomic E-state index is 11.7. The third-order valence-corrected chi connectivity index (χ3v) is 3.43. The zero-order valence-electron chi connectivity index (χ0n) is 10.4. The van der Waals surface area contributed by atoms with Crippen LogP contribution < -0.4 is 10.6 Å². The van der Waals surface area contributed by atoms with Crippen molar-refractivity contribution in [2.24, 2.45) is 0 Å². The molecule has 2 amide bonds. The summed E-state index contributed by atoms with van der Waals surface area (Å²) in [5.41, 5.74) is 0.598. The molecular weight excluding hydrogens is 332 g/mol. The molecule has 0 saturated heterocycles. The predicted molar refractivity (Wildman–Crippen MR) is 80.7 cm³/mol. The topological polar surface area (TPSA) is 78.4 Å². The van der Waals surface area contributed by atoms with Crippen LogP contribution >= 0.6 is 27.7 Å². The summed E-state index contributed by atoms with van der Waals surface area (Å²) in [7, 11) is 0. The Morgan fingerprint density at radius 3 is 2.79 bits per heavy atom. The summed E-state index contributed by atoms with van der Waals surface area (Å²) in [6, 6.07) is 5.68. The highest BCUT2D eigenvalue weighted by molar-refractivity contribution is 9.10. The van der Waals surface area contributed by atoms with E-state index >= 15 is 0 Å². The first kappa shape index (κ1) is 15.8. The second-order valence-corrected chi connectivity index (χ2v) is 5.68. The average molecular weight is 347 g/mol. The molecule has 7 heteroatoms. The number of thioether (sulfide) groups is 1. The fourth-order valence-electron chi connectivity index (χ4n) is 1.38. The summed E-state index contributed by atoms with van der Waals surface area (Å²) in [5, 5.41) is 14.0. The maximum Gasteiger partial charge on any atom is 0.326 e. The van der Waals surface area contributed by atoms with E-state index in [4.69, 9.17) is 5.11 Å². The van der Waals surface area contributed by atoms with Crippen molar-refractivity contribution in [1.82, 2.24) is 5.32 Å². The lowest BCUT2D eigenvalue weighted by atomic mass is 10.2. The lowest BCUT2D eigenvalue weighted by molar-refractivity contribution is -0.139. The van der Waals surface area contributed by atoms with Crippen molar-refractivity contribution >= 4 is 45.4 Å². The van der Waals surface area contributed by atoms with Gasteiger partial charge in [-0.05, 0) is 36.6 Å². The summed E-state index contributed by atoms with van der Waals surface area (Å²) in [5.74, 6) is -0.354. The van der Waals surface area contributed by atoms with Crippen LogP contribution in [0.4, 0.5) is 10.5 Å². The Balaban J connectivity index is 2.55. The SMILES string of the molecule is CSCC[C@@H](NC(=O)Nc1cccc(Br)c1)C(=O)O. The van der Waals surface area contributed by atoms with Crippen LogP contribution in [0.2, 0.25) is 0 Å². The molecular formula is C12H15BrN2O3S. The van der Waals surface area contributed by atoms with E-state index in [-0.39, 0.29) is 0 Å². The van der Waals surface area contributed by atoms with Gasteiger partial charge in [-0.25, -0.2) is 9.59 Å². The van der Waals surface area contributed by atoms with Gasteiger partial charge in [0.15, 0.2) is 0 Å². The van der Waals surface area contributed by atoms with Gasteiger partial charge in [-0.2, -0.15) is 11.8 Å². The summed E-state index contributed by atoms with van der Waals surface area (Å²) < 4.78 is 0.836. The highest BCUT2D eigenvalue weighted by Crippen LogP contribution is 2.15. The van der Waals surface area contributed by atoms with Crippen molar-refractivity contribution < 1.29 is 14.7 Å². The van der Waals surface area contributed by atoms with Crippen LogP contribution in [0.25, 0.3) is 0 Å². The van der Waals surface area contributed by atoms with E-state index in [0.29, 0.717) is 17.9 Å². The summed E-state index contributed by atoms with van der Waals surface area (Å²) >= 11 is 4.83. The molecule has 0 aliphatic carbocycles. The molecule has 1 aromatic carbocycles. The molecule has 0 heterocycles. The number of amides is 2. The number of halogens is 1. The van der Waals surface area contributed by atoms with Gasteiger partial charge in [0.05, 0.1) is 0 Å². The molecule has 0 spiro atoms. The standard InChI is InChI=1S/C12H15BrN2O3S/c1-19-6-5-10(11(16)17)15-12(18)14-9-4-2-3-8(13)7-9/h2-4,7,10H,5-6H2,1H3,(H,16,17)(H2,14,15,18)/t10-/m1/s1. The molecule has 104 valence electrons. The van der Waals surface area contributed by atoms with Gasteiger partial charge in [0.1, 0.15) is 6.04 Å². The summed E-state index contributed by atoms with van der Waals surface area (Å²) in [6.07, 6.45) is 2.28. The lowest BCUT2D eigenvalue weighted by Crippen LogP contribution is -2.43. The van der Waals surface area contributed by atoms with E-state index in [1.54, 1.807) is 18.2 Å². The van der Waals surface area contributed by atoms with Gasteiger partial charge < -0.3 is 15.7 Å². The van der Waals surface area contributed by atoms with Gasteiger partial charge in [0, 0.05) is 10.2 Å². The van der Waals surface area contributed by atoms with Crippen LogP contribution in [0, 0.1) is 0 Å². The maximum absolute atomic E-state index is 11.7. The molecule has 1 rings (SSSR count). The van der Waals surface area contributed by atoms with Gasteiger partial charge >= 0.3 is 12.0 Å². The number of hydrogen-bond donors (Lipinski definition) is 3. The number of urea groups is 1. The van der Waals surface area contributed by atoms with Crippen LogP contribution in [-0.2, 0) is 4.79 Å². The Labute approximate surface area is 124 Å². The van der Waals surface area contributed by atoms with Crippen LogP contribution in [0.5, 0.6) is 0 Å². The molecule has 0 saturated carbocycles. The molecule has 0 aromatic heterocycles. The zero-order chi connectivity index (χ0) is 14.3. The number of carbonyl (C=O) groups is 2. The molecule has 0 unspecified atom stereocenters. The van der Waals surface area contributed by atoms with Crippen molar-refractivity contribution in [2.45, 2.75) is 12.5 Å². The number of carbonyl (C=O) groups excluding carboxylic acids is 1. The van der Waals surface area contributed by atoms with Gasteiger partial charge in [-0.15, -0.1) is 0 Å². The fourth-order valence-corrected chi connectivity index (χ4v) is 2.26. The van der Waals surface area contributed by atoms with Gasteiger partial charge in [0.2, 0.25) is 0 Å². The second-order valence-electron chi connectivity index (χ2n) is 3.78. The third-order valence-electron chi connectivity index (χ3n) is 2.30. The van der Waals surface area contributed by atoms with Crippen LogP contribution in [0.15, 0.2) is 28.7 Å². The molecule has 0 bridgehead atoms. The van der Waals surface area contributed by atoms with Crippen molar-refractivity contribution in [3.63, 3.8) is 0 Å². The minimum absolute atomic E-state index is 0.391. The van der Waals surface area contributed by atoms with E-state index in [1.165, 1.54) is 11.8 Å². The fraction of sp³-hybridized carbons (Fsp3) is 0.333. The number of nitrogens with one attached hydrogen (secondary N) is 2. The van der Waals surface area contributed by atoms with Crippen LogP contribution in [0.1, 0.15) is 6.42 Å². The first-order valence-corrected chi connectivity index (χ1v) is 7.76. The summed E-state index contributed by atoms with van der Waals surface area (Å²) in [4.78, 5) is 22.7. The van der Waals surface area contributed by atoms with E-state index in [2.05, 4.69) is 26.6 Å². The quantitative estimate of drug-likeness (QED) is 0.739. The highest BCUT2D eigenvalue weighted by atomic mass is 79.9. The molecule has 0 radical (unpaired) electrons. The van der Waals surface area contributed by atoms with Crippen molar-refractivity contribution in [3.8, 4) is 0 Å². The third kappa shape index (κ3) is 5.98. The van der Waals surface area contributed by atoms with E-state index in [0.717, 1.165) is 4.47 Å². The highest BCUT2D eigenvalue weighted by Gasteiger charge is 2.19. The summed E-state index contributed by atoms with van der Waals surface area (Å²) in [6.45, 7) is 0. The number of carboxylic acid groups (broad SMARTS) is 1. The van der Waals surface area contributed by atoms with Crippen molar-refractivity contribution in [1.29, 1.82) is 0 Å². The lowest BCUT2D eigenvalue weighted by Gasteiger charge is -2.14. The number of benzene rings is 1. The molecule has 3 N–H and O–H groups in total. The van der Waals surface area contributed by atoms with Gasteiger partial charge in [-0.1, -0.05) is 22.0 Å². The predicted octanol–water partition coefficient (Wildman–Crippen LogP) is 2.78. The van der Waals surface area contributed by atoms with E-state index in [1.807, 2.05) is 12.3 Å². The van der Waals surface area contributed by atoms with Crippen molar-refractivity contribution in [3.05, 3.63) is 28.7 Å². The Morgan fingerprint density at radius 2 is 2.21 bits per heavy atom. The largest absolute Gasteiger partial charge is 0.480 e. The van der Waals surface area contributed by atoms with E-state index in [9.17, 15) is 9.59 Å². The Morgan fingerprint density at radius 1 is 1.47 bits per heavy atom. The second kappa shape index (κ2) is 8.06. The number of aliphatic carboxylic acids is 1. The van der Waals surface area contributed by atoms with Crippen LogP contribution in [0.3, 0.4) is 0 Å². The zero-order valence-corrected chi connectivity index (χ0v) is 12.8. The molecule has 1 atom stereocenters. The minimum atomic E-state index is -1.03. The molecule has 0 fully saturated rings. The Hall–Kier alpha value is -1.21. The van der Waals surface area contributed by atoms with Crippen LogP contribution in [-0.4, -0.2) is 35.2 Å². The first-order chi connectivity index (χ1) is 9.02. The van der Waals surface area contributed by atoms with Gasteiger partial charge in [-0.3, -0.25) is 0 Å². The number of rotatable bonds is 6. The number of anilines is 1. The monoisotopic (exact) mass is 346 g/mol. The smallest absolute Gasteiger partial charge is 0.326 e. The van der Waals surface area contributed by atoms with Crippen molar-refractivity contribution in [2.75, 3.05) is 17.3 Å². The van der Waals surface area contributed by atoms with Gasteiger partial charge in [0.25, 0.3) is 0 Å². The molecule has 5 nitrogen and oxygen atoms in total. The minimum Gasteiger partial charge on any atom is -0.480 e. The molecule has 1 aromatic rings. The first-order valence-electron chi connectivity index (χ1n) is 5.57. The van der Waals surface area contributed by atoms with E-state index < -0.39 is 18.0 Å². The average Bonchev–Trinajstić information content (AvgIpc) is 2.34. The molecule has 0 aliphatic rings. The number of carboxylic acids is 1.